The number of ether oxygens (including phenoxy) is 4. The number of fused-ring (bicyclic) bond motifs is 4. The minimum absolute atomic E-state index is 0.0393. The molecule has 8 aromatic heterocycles. The van der Waals surface area contributed by atoms with E-state index in [-0.39, 0.29) is 56.9 Å². The van der Waals surface area contributed by atoms with E-state index < -0.39 is 43.1 Å². The van der Waals surface area contributed by atoms with Crippen LogP contribution in [0.15, 0.2) is 104 Å². The summed E-state index contributed by atoms with van der Waals surface area (Å²) in [6, 6.07) is 15.3. The number of hydrogen-bond acceptors (Lipinski definition) is 37. The summed E-state index contributed by atoms with van der Waals surface area (Å²) in [7, 11) is -1.56. The molecule has 0 bridgehead atoms. The van der Waals surface area contributed by atoms with Gasteiger partial charge in [0.25, 0.3) is 0 Å². The number of rotatable bonds is 61. The molecule has 2 aromatic carbocycles. The third kappa shape index (κ3) is 41.2. The van der Waals surface area contributed by atoms with Crippen molar-refractivity contribution in [3.63, 3.8) is 0 Å². The monoisotopic (exact) mass is 1990 g/mol. The van der Waals surface area contributed by atoms with Crippen LogP contribution in [0.4, 0.5) is 23.3 Å². The van der Waals surface area contributed by atoms with Crippen molar-refractivity contribution in [2.24, 2.45) is 0 Å². The van der Waals surface area contributed by atoms with Gasteiger partial charge in [0.1, 0.15) is 72.8 Å². The SMILES string of the molecule is CCCCCCCCCCCCCCCCCCOP(=O)(CO[C@H](C)Cn1cnc2c(N)ncnc21)OCCSSC.CSSCCCCOP(=O)(O)CO[C@H](C)Cn1cnc2c(N)ncnc21.CSSCc1ccccc1COP(=O)(O)CO[C@H](C)Cn1cnc2c(N)ncnc21.CSSc1ccccc1COP(=O)(O)CO[C@H](C)Cn1cnc2c(N)ncnc21. The third-order valence-corrected chi connectivity index (χ3v) is 30.8. The zero-order valence-electron chi connectivity index (χ0n) is 73.8. The fraction of sp³-hybridized carbons (Fsp3) is 0.595. The highest BCUT2D eigenvalue weighted by Crippen LogP contribution is 2.50. The van der Waals surface area contributed by atoms with Gasteiger partial charge in [-0.05, 0) is 94.7 Å². The summed E-state index contributed by atoms with van der Waals surface area (Å²) in [5.74, 6) is 3.80. The Balaban J connectivity index is 0.000000236. The summed E-state index contributed by atoms with van der Waals surface area (Å²) in [4.78, 5) is 80.5. The van der Waals surface area contributed by atoms with Crippen LogP contribution in [-0.4, -0.2) is 199 Å². The lowest BCUT2D eigenvalue weighted by molar-refractivity contribution is 0.0663. The molecule has 0 aliphatic rings. The Bertz CT molecular complexity index is 5010. The predicted molar refractivity (Wildman–Crippen MR) is 523 cm³/mol. The average molecular weight is 1990 g/mol. The summed E-state index contributed by atoms with van der Waals surface area (Å²) < 4.78 is 107. The summed E-state index contributed by atoms with van der Waals surface area (Å²) in [6.45, 7) is 12.4. The number of imidazole rings is 4. The van der Waals surface area contributed by atoms with E-state index in [0.717, 1.165) is 64.5 Å². The zero-order chi connectivity index (χ0) is 91.7. The van der Waals surface area contributed by atoms with Gasteiger partial charge in [0.05, 0.1) is 109 Å². The molecule has 0 radical (unpaired) electrons. The summed E-state index contributed by atoms with van der Waals surface area (Å²) in [6.07, 6.45) is 40.1. The first-order chi connectivity index (χ1) is 61.2. The standard InChI is InChI=1S/C30H56N5O4PS2.C18H24N5O4PS2.C17H22N5O4PS2.C14H24N5O4PS2/c1-4-5-6-7-8-9-10-11-12-13-14-15-16-17-18-19-20-38-40(36,39-21-22-42-41-3)26-37-27(2)23-35-25-34-28-29(31)32-24-33-30(28)35;1-13(7-23-11-22-16-17(19)20-10-21-18(16)23)26-12-28(24,25)27-8-14-5-3-4-6-15(14)9-30-29-2;1-12(7-22-10-21-15-16(18)19-9-20-17(15)22)25-11-27(23,24)26-8-13-5-3-4-6-14(13)29-28-2;1-11(7-19-9-18-12-13(15)16-8-17-14(12)19)22-10-24(20,21)23-5-3-4-6-26-25-2/h24-25,27H,4-23,26H2,1-3H3,(H2,31,32,33);3-6,10-11,13H,7-9,12H2,1-2H3,(H,24,25)(H2,19,20,21);3-6,9-10,12H,7-8,11H2,1-2H3,(H,23,24)(H2,18,19,20);8-9,11H,3-7,10H2,1-2H3,(H,20,21)(H2,15,16,17)/t27-,40?;13-;12-;11-/m1111/s1. The minimum Gasteiger partial charge on any atom is -0.382 e. The Kier molecular flexibility index (Phi) is 51.8. The second kappa shape index (κ2) is 60.4. The fourth-order valence-corrected chi connectivity index (χ4v) is 21.8. The van der Waals surface area contributed by atoms with E-state index in [1.165, 1.54) is 115 Å². The molecular formula is C79H126N20O16P4S8. The lowest BCUT2D eigenvalue weighted by Crippen LogP contribution is -2.18. The van der Waals surface area contributed by atoms with Crippen molar-refractivity contribution in [2.45, 2.75) is 225 Å². The van der Waals surface area contributed by atoms with Gasteiger partial charge in [0.15, 0.2) is 45.9 Å². The number of nitrogen functional groups attached to an aromatic ring is 4. The zero-order valence-corrected chi connectivity index (χ0v) is 83.9. The molecule has 0 aliphatic heterocycles. The summed E-state index contributed by atoms with van der Waals surface area (Å²) in [5, 5.41) is 0. The van der Waals surface area contributed by atoms with Gasteiger partial charge >= 0.3 is 30.4 Å². The topological polar surface area (TPSA) is 491 Å². The Morgan fingerprint density at radius 3 is 1.09 bits per heavy atom. The van der Waals surface area contributed by atoms with E-state index in [1.54, 1.807) is 146 Å². The predicted octanol–water partition coefficient (Wildman–Crippen LogP) is 19.3. The molecule has 8 heterocycles. The lowest BCUT2D eigenvalue weighted by Gasteiger charge is -2.21. The van der Waals surface area contributed by atoms with Gasteiger partial charge < -0.3 is 97.4 Å². The molecule has 4 unspecified atom stereocenters. The van der Waals surface area contributed by atoms with Crippen molar-refractivity contribution in [3.05, 3.63) is 116 Å². The first kappa shape index (κ1) is 109. The molecule has 8 atom stereocenters. The van der Waals surface area contributed by atoms with Crippen molar-refractivity contribution in [3.8, 4) is 0 Å². The molecule has 0 amide bonds. The number of aromatic nitrogens is 16. The van der Waals surface area contributed by atoms with E-state index in [2.05, 4.69) is 66.7 Å². The maximum Gasteiger partial charge on any atom is 0.356 e. The first-order valence-corrected chi connectivity index (χ1v) is 59.7. The molecule has 11 N–H and O–H groups in total. The molecule has 10 rings (SSSR count). The van der Waals surface area contributed by atoms with Crippen LogP contribution in [-0.2, 0) is 105 Å². The molecule has 0 fully saturated rings. The van der Waals surface area contributed by atoms with E-state index >= 15 is 0 Å². The second-order valence-electron chi connectivity index (χ2n) is 29.4. The molecule has 36 nitrogen and oxygen atoms in total. The fourth-order valence-electron chi connectivity index (χ4n) is 12.4. The Morgan fingerprint density at radius 2 is 0.693 bits per heavy atom. The molecular weight excluding hydrogens is 1870 g/mol. The average Bonchev–Trinajstić information content (AvgIpc) is 1.69. The van der Waals surface area contributed by atoms with Gasteiger partial charge in [-0.3, -0.25) is 18.3 Å². The number of nitrogens with zero attached hydrogens (tertiary/aromatic N) is 16. The van der Waals surface area contributed by atoms with Crippen LogP contribution < -0.4 is 22.9 Å². The largest absolute Gasteiger partial charge is 0.382 e. The van der Waals surface area contributed by atoms with Gasteiger partial charge in [0.2, 0.25) is 0 Å². The maximum absolute atomic E-state index is 13.5. The van der Waals surface area contributed by atoms with Crippen LogP contribution in [0, 0.1) is 0 Å². The number of nitrogens with two attached hydrogens (primary N) is 4. The van der Waals surface area contributed by atoms with E-state index in [0.29, 0.717) is 107 Å². The number of anilines is 4. The second-order valence-corrected chi connectivity index (χ2v) is 47.1. The van der Waals surface area contributed by atoms with Gasteiger partial charge in [-0.1, -0.05) is 232 Å². The number of unbranched alkanes of at least 4 members (excludes halogenated alkanes) is 16. The van der Waals surface area contributed by atoms with Crippen LogP contribution in [0.25, 0.3) is 44.7 Å². The highest BCUT2D eigenvalue weighted by atomic mass is 33.1. The highest BCUT2D eigenvalue weighted by Gasteiger charge is 2.29. The maximum atomic E-state index is 13.5. The normalized spacial score (nSPS) is 14.6. The molecule has 48 heteroatoms. The molecule has 0 saturated heterocycles. The van der Waals surface area contributed by atoms with Crippen LogP contribution in [0.2, 0.25) is 0 Å². The van der Waals surface area contributed by atoms with Crippen LogP contribution >= 0.6 is 117 Å². The van der Waals surface area contributed by atoms with Crippen molar-refractivity contribution >= 4 is 185 Å². The van der Waals surface area contributed by atoms with E-state index in [1.807, 2.05) is 85.0 Å². The summed E-state index contributed by atoms with van der Waals surface area (Å²) in [5.41, 5.74) is 30.6. The lowest BCUT2D eigenvalue weighted by atomic mass is 10.0. The highest BCUT2D eigenvalue weighted by molar-refractivity contribution is 8.77. The quantitative estimate of drug-likeness (QED) is 0.0106. The van der Waals surface area contributed by atoms with Gasteiger partial charge in [-0.15, -0.1) is 0 Å². The van der Waals surface area contributed by atoms with Gasteiger partial charge in [-0.2, -0.15) is 0 Å². The first-order valence-electron chi connectivity index (χ1n) is 41.9. The minimum atomic E-state index is -3.91. The molecule has 127 heavy (non-hydrogen) atoms. The Labute approximate surface area is 776 Å². The van der Waals surface area contributed by atoms with Crippen molar-refractivity contribution < 1.29 is 74.5 Å². The van der Waals surface area contributed by atoms with Crippen molar-refractivity contribution in [2.75, 3.05) is 105 Å². The van der Waals surface area contributed by atoms with Crippen LogP contribution in [0.1, 0.15) is 167 Å². The van der Waals surface area contributed by atoms with Crippen molar-refractivity contribution in [1.82, 2.24) is 78.1 Å². The van der Waals surface area contributed by atoms with Crippen molar-refractivity contribution in [1.29, 1.82) is 0 Å². The Morgan fingerprint density at radius 1 is 0.362 bits per heavy atom. The van der Waals surface area contributed by atoms with Crippen LogP contribution in [0.5, 0.6) is 0 Å². The van der Waals surface area contributed by atoms with E-state index in [9.17, 15) is 32.9 Å². The van der Waals surface area contributed by atoms with E-state index in [4.69, 9.17) is 64.5 Å². The summed E-state index contributed by atoms with van der Waals surface area (Å²) >= 11 is 0. The van der Waals surface area contributed by atoms with Crippen LogP contribution in [0.3, 0.4) is 0 Å². The molecule has 0 spiro atoms. The number of benzene rings is 2. The van der Waals surface area contributed by atoms with Gasteiger partial charge in [0, 0.05) is 22.2 Å². The third-order valence-electron chi connectivity index (χ3n) is 18.9. The molecule has 0 aliphatic carbocycles. The van der Waals surface area contributed by atoms with Gasteiger partial charge in [-0.25, -0.2) is 59.8 Å². The molecule has 0 saturated carbocycles. The molecule has 706 valence electrons. The smallest absolute Gasteiger partial charge is 0.356 e. The Hall–Kier alpha value is -4.92. The molecule has 10 aromatic rings. The number of hydrogen-bond donors (Lipinski definition) is 7.